The van der Waals surface area contributed by atoms with Crippen LogP contribution < -0.4 is 5.32 Å². The lowest BCUT2D eigenvalue weighted by atomic mass is 10.1. The highest BCUT2D eigenvalue weighted by atomic mass is 16.1. The second-order valence-corrected chi connectivity index (χ2v) is 3.80. The van der Waals surface area contributed by atoms with Gasteiger partial charge < -0.3 is 5.32 Å². The molecule has 2 aromatic rings. The fourth-order valence-corrected chi connectivity index (χ4v) is 1.58. The lowest BCUT2D eigenvalue weighted by Crippen LogP contribution is -2.19. The van der Waals surface area contributed by atoms with Crippen LogP contribution in [0.25, 0.3) is 17.0 Å². The molecule has 0 unspecified atom stereocenters. The Morgan fingerprint density at radius 1 is 1.41 bits per heavy atom. The number of carbonyl (C=O) groups is 1. The van der Waals surface area contributed by atoms with Gasteiger partial charge in [0.2, 0.25) is 5.91 Å². The molecular formula is C14H14N2O. The molecule has 0 aliphatic heterocycles. The smallest absolute Gasteiger partial charge is 0.217 e. The number of pyridine rings is 1. The Kier molecular flexibility index (Phi) is 3.50. The number of para-hydroxylation sites is 1. The van der Waals surface area contributed by atoms with Crippen molar-refractivity contribution in [3.05, 3.63) is 48.2 Å². The number of hydrogen-bond acceptors (Lipinski definition) is 2. The maximum atomic E-state index is 10.7. The van der Waals surface area contributed by atoms with E-state index in [1.165, 1.54) is 6.92 Å². The highest BCUT2D eigenvalue weighted by Gasteiger charge is 1.93. The van der Waals surface area contributed by atoms with Gasteiger partial charge in [0.05, 0.1) is 5.52 Å². The van der Waals surface area contributed by atoms with E-state index in [2.05, 4.69) is 16.4 Å². The number of benzene rings is 1. The Labute approximate surface area is 100 Å². The first-order valence-electron chi connectivity index (χ1n) is 5.51. The number of rotatable bonds is 3. The van der Waals surface area contributed by atoms with Crippen molar-refractivity contribution in [2.24, 2.45) is 0 Å². The van der Waals surface area contributed by atoms with Gasteiger partial charge in [0.15, 0.2) is 0 Å². The van der Waals surface area contributed by atoms with E-state index in [1.54, 1.807) is 0 Å². The van der Waals surface area contributed by atoms with Crippen molar-refractivity contribution in [3.8, 4) is 0 Å². The standard InChI is InChI=1S/C14H14N2O/c1-11(17)15-8-4-5-12-9-13-6-2-3-7-14(13)16-10-12/h2-7,9-10H,8H2,1H3,(H,15,17). The molecule has 2 rings (SSSR count). The molecule has 0 aliphatic rings. The summed E-state index contributed by atoms with van der Waals surface area (Å²) in [4.78, 5) is 15.0. The molecule has 0 atom stereocenters. The zero-order chi connectivity index (χ0) is 12.1. The van der Waals surface area contributed by atoms with Gasteiger partial charge >= 0.3 is 0 Å². The summed E-state index contributed by atoms with van der Waals surface area (Å²) in [6, 6.07) is 10.1. The lowest BCUT2D eigenvalue weighted by molar-refractivity contribution is -0.118. The van der Waals surface area contributed by atoms with Gasteiger partial charge in [-0.25, -0.2) is 0 Å². The van der Waals surface area contributed by atoms with Crippen LogP contribution in [0.2, 0.25) is 0 Å². The molecule has 1 heterocycles. The van der Waals surface area contributed by atoms with Gasteiger partial charge in [0.25, 0.3) is 0 Å². The molecule has 0 bridgehead atoms. The Morgan fingerprint density at radius 3 is 3.06 bits per heavy atom. The Bertz CT molecular complexity index is 561. The predicted octanol–water partition coefficient (Wildman–Crippen LogP) is 2.38. The maximum Gasteiger partial charge on any atom is 0.217 e. The molecule has 3 heteroatoms. The summed E-state index contributed by atoms with van der Waals surface area (Å²) >= 11 is 0. The quantitative estimate of drug-likeness (QED) is 0.873. The molecule has 1 aromatic carbocycles. The number of hydrogen-bond donors (Lipinski definition) is 1. The van der Waals surface area contributed by atoms with Gasteiger partial charge in [-0.2, -0.15) is 0 Å². The summed E-state index contributed by atoms with van der Waals surface area (Å²) in [7, 11) is 0. The number of nitrogens with zero attached hydrogens (tertiary/aromatic N) is 1. The number of nitrogens with one attached hydrogen (secondary N) is 1. The minimum Gasteiger partial charge on any atom is -0.353 e. The van der Waals surface area contributed by atoms with E-state index in [4.69, 9.17) is 0 Å². The summed E-state index contributed by atoms with van der Waals surface area (Å²) < 4.78 is 0. The van der Waals surface area contributed by atoms with Crippen LogP contribution >= 0.6 is 0 Å². The SMILES string of the molecule is CC(=O)NCC=Cc1cnc2ccccc2c1. The Hall–Kier alpha value is -2.16. The molecule has 0 saturated carbocycles. The number of carbonyl (C=O) groups excluding carboxylic acids is 1. The van der Waals surface area contributed by atoms with Crippen LogP contribution in [0.3, 0.4) is 0 Å². The van der Waals surface area contributed by atoms with Gasteiger partial charge in [-0.15, -0.1) is 0 Å². The summed E-state index contributed by atoms with van der Waals surface area (Å²) in [5.74, 6) is -0.0220. The zero-order valence-electron chi connectivity index (χ0n) is 9.68. The molecule has 0 fully saturated rings. The third kappa shape index (κ3) is 3.14. The summed E-state index contributed by atoms with van der Waals surface area (Å²) in [6.45, 7) is 2.05. The molecule has 0 radical (unpaired) electrons. The van der Waals surface area contributed by atoms with E-state index < -0.39 is 0 Å². The van der Waals surface area contributed by atoms with Gasteiger partial charge in [0, 0.05) is 25.1 Å². The topological polar surface area (TPSA) is 42.0 Å². The summed E-state index contributed by atoms with van der Waals surface area (Å²) in [5, 5.41) is 3.83. The normalized spacial score (nSPS) is 10.9. The molecular weight excluding hydrogens is 212 g/mol. The van der Waals surface area contributed by atoms with Crippen LogP contribution in [0.1, 0.15) is 12.5 Å². The number of fused-ring (bicyclic) bond motifs is 1. The fraction of sp³-hybridized carbons (Fsp3) is 0.143. The molecule has 17 heavy (non-hydrogen) atoms. The molecule has 1 aromatic heterocycles. The average molecular weight is 226 g/mol. The largest absolute Gasteiger partial charge is 0.353 e. The third-order valence-corrected chi connectivity index (χ3v) is 2.39. The van der Waals surface area contributed by atoms with Crippen molar-refractivity contribution >= 4 is 22.9 Å². The fourth-order valence-electron chi connectivity index (χ4n) is 1.58. The van der Waals surface area contributed by atoms with E-state index in [0.717, 1.165) is 16.5 Å². The first-order valence-corrected chi connectivity index (χ1v) is 5.51. The molecule has 86 valence electrons. The molecule has 0 spiro atoms. The van der Waals surface area contributed by atoms with Crippen molar-refractivity contribution in [2.75, 3.05) is 6.54 Å². The summed E-state index contributed by atoms with van der Waals surface area (Å²) in [6.07, 6.45) is 5.69. The average Bonchev–Trinajstić information content (AvgIpc) is 2.34. The van der Waals surface area contributed by atoms with E-state index in [9.17, 15) is 4.79 Å². The van der Waals surface area contributed by atoms with E-state index in [-0.39, 0.29) is 5.91 Å². The van der Waals surface area contributed by atoms with Crippen LogP contribution in [0.5, 0.6) is 0 Å². The third-order valence-electron chi connectivity index (χ3n) is 2.39. The molecule has 1 amide bonds. The molecule has 0 aliphatic carbocycles. The number of aromatic nitrogens is 1. The molecule has 3 nitrogen and oxygen atoms in total. The lowest BCUT2D eigenvalue weighted by Gasteiger charge is -1.98. The van der Waals surface area contributed by atoms with Crippen molar-refractivity contribution < 1.29 is 4.79 Å². The van der Waals surface area contributed by atoms with Crippen LogP contribution in [0.4, 0.5) is 0 Å². The van der Waals surface area contributed by atoms with Crippen LogP contribution in [0.15, 0.2) is 42.6 Å². The predicted molar refractivity (Wildman–Crippen MR) is 69.5 cm³/mol. The van der Waals surface area contributed by atoms with E-state index in [1.807, 2.05) is 42.6 Å². The van der Waals surface area contributed by atoms with Crippen molar-refractivity contribution in [1.29, 1.82) is 0 Å². The van der Waals surface area contributed by atoms with Crippen LogP contribution in [0, 0.1) is 0 Å². The minimum absolute atomic E-state index is 0.0220. The van der Waals surface area contributed by atoms with Gasteiger partial charge in [-0.05, 0) is 17.7 Å². The van der Waals surface area contributed by atoms with Gasteiger partial charge in [0.1, 0.15) is 0 Å². The van der Waals surface area contributed by atoms with Crippen molar-refractivity contribution in [1.82, 2.24) is 10.3 Å². The maximum absolute atomic E-state index is 10.7. The molecule has 0 saturated heterocycles. The second kappa shape index (κ2) is 5.25. The summed E-state index contributed by atoms with van der Waals surface area (Å²) in [5.41, 5.74) is 2.03. The Balaban J connectivity index is 2.11. The molecule has 1 N–H and O–H groups in total. The van der Waals surface area contributed by atoms with E-state index >= 15 is 0 Å². The second-order valence-electron chi connectivity index (χ2n) is 3.80. The first kappa shape index (κ1) is 11.3. The van der Waals surface area contributed by atoms with Crippen LogP contribution in [-0.4, -0.2) is 17.4 Å². The van der Waals surface area contributed by atoms with Gasteiger partial charge in [-0.3, -0.25) is 9.78 Å². The van der Waals surface area contributed by atoms with Crippen molar-refractivity contribution in [2.45, 2.75) is 6.92 Å². The van der Waals surface area contributed by atoms with Crippen molar-refractivity contribution in [3.63, 3.8) is 0 Å². The van der Waals surface area contributed by atoms with Crippen LogP contribution in [-0.2, 0) is 4.79 Å². The van der Waals surface area contributed by atoms with Gasteiger partial charge in [-0.1, -0.05) is 30.4 Å². The highest BCUT2D eigenvalue weighted by molar-refractivity contribution is 5.80. The Morgan fingerprint density at radius 2 is 2.24 bits per heavy atom. The minimum atomic E-state index is -0.0220. The number of amides is 1. The zero-order valence-corrected chi connectivity index (χ0v) is 9.68. The van der Waals surface area contributed by atoms with E-state index in [0.29, 0.717) is 6.54 Å². The highest BCUT2D eigenvalue weighted by Crippen LogP contribution is 2.13. The first-order chi connectivity index (χ1) is 8.25. The monoisotopic (exact) mass is 226 g/mol.